The van der Waals surface area contributed by atoms with E-state index in [9.17, 15) is 4.79 Å². The van der Waals surface area contributed by atoms with Gasteiger partial charge in [0.15, 0.2) is 0 Å². The lowest BCUT2D eigenvalue weighted by molar-refractivity contribution is -0.125. The maximum atomic E-state index is 11.8. The third-order valence-electron chi connectivity index (χ3n) is 2.78. The van der Waals surface area contributed by atoms with E-state index in [1.807, 2.05) is 24.3 Å². The lowest BCUT2D eigenvalue weighted by Gasteiger charge is -2.22. The molecule has 0 aliphatic carbocycles. The summed E-state index contributed by atoms with van der Waals surface area (Å²) in [6, 6.07) is 8.01. The highest BCUT2D eigenvalue weighted by Crippen LogP contribution is 2.32. The second kappa shape index (κ2) is 3.30. The van der Waals surface area contributed by atoms with E-state index in [0.717, 1.165) is 23.5 Å². The molecule has 3 rings (SSSR count). The number of hydrogen-bond donors (Lipinski definition) is 0. The van der Waals surface area contributed by atoms with Crippen LogP contribution in [0.15, 0.2) is 29.3 Å². The monoisotopic (exact) mass is 312 g/mol. The van der Waals surface area contributed by atoms with Crippen LogP contribution in [0.2, 0.25) is 0 Å². The quantitative estimate of drug-likeness (QED) is 0.534. The second-order valence-corrected chi connectivity index (χ2v) is 5.26. The van der Waals surface area contributed by atoms with Crippen LogP contribution in [0.5, 0.6) is 0 Å². The second-order valence-electron chi connectivity index (χ2n) is 3.75. The fraction of sp³-hybridized carbons (Fsp3) is 0.273. The SMILES string of the molecule is O=C1C(I)CC2=Nc3ccccc3CN12. The van der Waals surface area contributed by atoms with E-state index in [1.165, 1.54) is 0 Å². The summed E-state index contributed by atoms with van der Waals surface area (Å²) < 4.78 is 0.0654. The molecule has 2 aliphatic heterocycles. The number of carbonyl (C=O) groups is 1. The number of aliphatic imine (C=N–C) groups is 1. The molecule has 15 heavy (non-hydrogen) atoms. The standard InChI is InChI=1S/C11H9IN2O/c12-8-5-10-13-9-4-2-1-3-7(9)6-14(10)11(8)15/h1-4,8H,5-6H2. The van der Waals surface area contributed by atoms with Crippen LogP contribution in [0.1, 0.15) is 12.0 Å². The van der Waals surface area contributed by atoms with Crippen LogP contribution >= 0.6 is 22.6 Å². The van der Waals surface area contributed by atoms with Crippen LogP contribution in [0.4, 0.5) is 5.69 Å². The van der Waals surface area contributed by atoms with Crippen molar-refractivity contribution in [2.45, 2.75) is 16.9 Å². The third-order valence-corrected chi connectivity index (χ3v) is 3.75. The first-order chi connectivity index (χ1) is 7.25. The molecule has 0 bridgehead atoms. The van der Waals surface area contributed by atoms with Crippen molar-refractivity contribution in [2.24, 2.45) is 4.99 Å². The number of carbonyl (C=O) groups excluding carboxylic acids is 1. The third kappa shape index (κ3) is 1.39. The molecule has 0 aromatic heterocycles. The van der Waals surface area contributed by atoms with Gasteiger partial charge in [-0.15, -0.1) is 0 Å². The van der Waals surface area contributed by atoms with Gasteiger partial charge in [-0.3, -0.25) is 9.69 Å². The molecule has 0 spiro atoms. The highest BCUT2D eigenvalue weighted by Gasteiger charge is 2.37. The van der Waals surface area contributed by atoms with E-state index in [2.05, 4.69) is 27.6 Å². The fourth-order valence-corrected chi connectivity index (χ4v) is 2.72. The number of fused-ring (bicyclic) bond motifs is 2. The molecule has 1 aromatic carbocycles. The Labute approximate surface area is 101 Å². The summed E-state index contributed by atoms with van der Waals surface area (Å²) in [5.41, 5.74) is 2.15. The topological polar surface area (TPSA) is 32.7 Å². The predicted molar refractivity (Wildman–Crippen MR) is 66.5 cm³/mol. The van der Waals surface area contributed by atoms with Crippen molar-refractivity contribution in [1.29, 1.82) is 0 Å². The minimum atomic E-state index is 0.0654. The molecule has 4 heteroatoms. The van der Waals surface area contributed by atoms with E-state index in [-0.39, 0.29) is 9.83 Å². The molecule has 0 saturated carbocycles. The molecular formula is C11H9IN2O. The Morgan fingerprint density at radius 2 is 2.20 bits per heavy atom. The summed E-state index contributed by atoms with van der Waals surface area (Å²) in [5.74, 6) is 1.13. The summed E-state index contributed by atoms with van der Waals surface area (Å²) in [6.45, 7) is 0.688. The summed E-state index contributed by atoms with van der Waals surface area (Å²) >= 11 is 2.19. The Bertz CT molecular complexity index is 469. The number of alkyl halides is 1. The first kappa shape index (κ1) is 9.33. The summed E-state index contributed by atoms with van der Waals surface area (Å²) in [4.78, 5) is 18.1. The number of amidine groups is 1. The highest BCUT2D eigenvalue weighted by atomic mass is 127. The number of rotatable bonds is 0. The zero-order valence-corrected chi connectivity index (χ0v) is 10.1. The van der Waals surface area contributed by atoms with Crippen LogP contribution in [0, 0.1) is 0 Å². The molecule has 1 fully saturated rings. The van der Waals surface area contributed by atoms with Gasteiger partial charge in [0, 0.05) is 6.42 Å². The smallest absolute Gasteiger partial charge is 0.241 e. The van der Waals surface area contributed by atoms with Crippen LogP contribution in [-0.2, 0) is 11.3 Å². The van der Waals surface area contributed by atoms with Gasteiger partial charge in [-0.1, -0.05) is 40.8 Å². The van der Waals surface area contributed by atoms with E-state index >= 15 is 0 Å². The molecule has 0 radical (unpaired) electrons. The molecular weight excluding hydrogens is 303 g/mol. The van der Waals surface area contributed by atoms with Crippen molar-refractivity contribution >= 4 is 40.0 Å². The summed E-state index contributed by atoms with van der Waals surface area (Å²) in [7, 11) is 0. The minimum Gasteiger partial charge on any atom is -0.295 e. The zero-order valence-electron chi connectivity index (χ0n) is 7.98. The van der Waals surface area contributed by atoms with E-state index in [4.69, 9.17) is 0 Å². The van der Waals surface area contributed by atoms with Gasteiger partial charge in [0.05, 0.1) is 16.2 Å². The van der Waals surface area contributed by atoms with Gasteiger partial charge < -0.3 is 0 Å². The Kier molecular flexibility index (Phi) is 2.05. The van der Waals surface area contributed by atoms with E-state index in [1.54, 1.807) is 4.90 Å². The molecule has 0 N–H and O–H groups in total. The fourth-order valence-electron chi connectivity index (χ4n) is 1.99. The van der Waals surface area contributed by atoms with Gasteiger partial charge in [0.1, 0.15) is 5.84 Å². The zero-order chi connectivity index (χ0) is 10.4. The molecule has 1 amide bonds. The van der Waals surface area contributed by atoms with Crippen LogP contribution < -0.4 is 0 Å². The Morgan fingerprint density at radius 3 is 3.07 bits per heavy atom. The van der Waals surface area contributed by atoms with Gasteiger partial charge in [-0.2, -0.15) is 0 Å². The number of hydrogen-bond acceptors (Lipinski definition) is 2. The first-order valence-electron chi connectivity index (χ1n) is 4.86. The number of benzene rings is 1. The molecule has 2 heterocycles. The molecule has 3 nitrogen and oxygen atoms in total. The number of nitrogens with zero attached hydrogens (tertiary/aromatic N) is 2. The number of para-hydroxylation sites is 1. The average molecular weight is 312 g/mol. The normalized spacial score (nSPS) is 23.5. The van der Waals surface area contributed by atoms with Crippen LogP contribution in [-0.4, -0.2) is 20.6 Å². The van der Waals surface area contributed by atoms with Gasteiger partial charge >= 0.3 is 0 Å². The van der Waals surface area contributed by atoms with Crippen molar-refractivity contribution in [3.63, 3.8) is 0 Å². The maximum Gasteiger partial charge on any atom is 0.241 e. The van der Waals surface area contributed by atoms with Crippen molar-refractivity contribution in [1.82, 2.24) is 4.90 Å². The molecule has 1 unspecified atom stereocenters. The van der Waals surface area contributed by atoms with Crippen molar-refractivity contribution < 1.29 is 4.79 Å². The summed E-state index contributed by atoms with van der Waals surface area (Å²) in [5, 5.41) is 0. The van der Waals surface area contributed by atoms with Crippen LogP contribution in [0.3, 0.4) is 0 Å². The number of halogens is 1. The Morgan fingerprint density at radius 1 is 1.40 bits per heavy atom. The Balaban J connectivity index is 2.08. The lowest BCUT2D eigenvalue weighted by Crippen LogP contribution is -2.32. The maximum absolute atomic E-state index is 11.8. The van der Waals surface area contributed by atoms with E-state index < -0.39 is 0 Å². The minimum absolute atomic E-state index is 0.0654. The molecule has 1 aromatic rings. The van der Waals surface area contributed by atoms with Gasteiger partial charge in [0.25, 0.3) is 0 Å². The molecule has 1 saturated heterocycles. The van der Waals surface area contributed by atoms with Crippen molar-refractivity contribution in [3.8, 4) is 0 Å². The average Bonchev–Trinajstić information content (AvgIpc) is 2.52. The van der Waals surface area contributed by atoms with Gasteiger partial charge in [-0.05, 0) is 11.6 Å². The van der Waals surface area contributed by atoms with Crippen LogP contribution in [0.25, 0.3) is 0 Å². The first-order valence-corrected chi connectivity index (χ1v) is 6.11. The molecule has 1 atom stereocenters. The Hall–Kier alpha value is -0.910. The predicted octanol–water partition coefficient (Wildman–Crippen LogP) is 2.27. The molecule has 2 aliphatic rings. The van der Waals surface area contributed by atoms with Crippen molar-refractivity contribution in [2.75, 3.05) is 0 Å². The number of amides is 1. The molecule has 76 valence electrons. The summed E-state index contributed by atoms with van der Waals surface area (Å²) in [6.07, 6.45) is 0.772. The largest absolute Gasteiger partial charge is 0.295 e. The van der Waals surface area contributed by atoms with E-state index in [0.29, 0.717) is 6.54 Å². The van der Waals surface area contributed by atoms with Gasteiger partial charge in [-0.25, -0.2) is 4.99 Å². The van der Waals surface area contributed by atoms with Gasteiger partial charge in [0.2, 0.25) is 5.91 Å². The van der Waals surface area contributed by atoms with Crippen molar-refractivity contribution in [3.05, 3.63) is 29.8 Å². The lowest BCUT2D eigenvalue weighted by atomic mass is 10.1. The highest BCUT2D eigenvalue weighted by molar-refractivity contribution is 14.1.